The molecule has 0 aliphatic carbocycles. The molecule has 0 aromatic rings. The molecule has 0 spiro atoms. The third kappa shape index (κ3) is 3.58. The van der Waals surface area contributed by atoms with E-state index in [9.17, 15) is 0 Å². The lowest BCUT2D eigenvalue weighted by atomic mass is 9.91. The van der Waals surface area contributed by atoms with Gasteiger partial charge in [0.15, 0.2) is 0 Å². The van der Waals surface area contributed by atoms with Crippen molar-refractivity contribution in [1.82, 2.24) is 4.90 Å². The molecule has 1 fully saturated rings. The highest BCUT2D eigenvalue weighted by Gasteiger charge is 2.23. The molecule has 0 aromatic heterocycles. The first kappa shape index (κ1) is 12.0. The lowest BCUT2D eigenvalue weighted by molar-refractivity contribution is 0.120. The molecule has 84 valence electrons. The van der Waals surface area contributed by atoms with Crippen molar-refractivity contribution >= 4 is 0 Å². The fourth-order valence-corrected chi connectivity index (χ4v) is 2.51. The molecule has 1 aliphatic heterocycles. The van der Waals surface area contributed by atoms with Gasteiger partial charge in [0.25, 0.3) is 0 Å². The average molecular weight is 198 g/mol. The predicted molar refractivity (Wildman–Crippen MR) is 62.2 cm³/mol. The van der Waals surface area contributed by atoms with E-state index in [-0.39, 0.29) is 0 Å². The van der Waals surface area contributed by atoms with Crippen LogP contribution in [0.4, 0.5) is 0 Å². The molecular formula is C12H26N2. The lowest BCUT2D eigenvalue weighted by Crippen LogP contribution is -2.43. The highest BCUT2D eigenvalue weighted by atomic mass is 15.1. The smallest absolute Gasteiger partial charge is 0.00483 e. The van der Waals surface area contributed by atoms with E-state index in [1.165, 1.54) is 26.1 Å². The molecule has 0 saturated carbocycles. The quantitative estimate of drug-likeness (QED) is 0.751. The maximum Gasteiger partial charge on any atom is 0.00483 e. The summed E-state index contributed by atoms with van der Waals surface area (Å²) in [5.74, 6) is 2.34. The van der Waals surface area contributed by atoms with Gasteiger partial charge in [-0.25, -0.2) is 0 Å². The SMILES string of the molecule is CC1CC(C)CN(CC(C)C(C)N)C1. The van der Waals surface area contributed by atoms with Crippen molar-refractivity contribution in [2.45, 2.75) is 40.2 Å². The first-order valence-corrected chi connectivity index (χ1v) is 5.97. The van der Waals surface area contributed by atoms with Gasteiger partial charge in [-0.05, 0) is 31.1 Å². The minimum atomic E-state index is 0.322. The van der Waals surface area contributed by atoms with Crippen molar-refractivity contribution < 1.29 is 0 Å². The van der Waals surface area contributed by atoms with Crippen LogP contribution in [0.1, 0.15) is 34.1 Å². The summed E-state index contributed by atoms with van der Waals surface area (Å²) >= 11 is 0. The Balaban J connectivity index is 2.36. The van der Waals surface area contributed by atoms with E-state index >= 15 is 0 Å². The van der Waals surface area contributed by atoms with Gasteiger partial charge in [-0.1, -0.05) is 20.8 Å². The van der Waals surface area contributed by atoms with Crippen LogP contribution in [0.3, 0.4) is 0 Å². The summed E-state index contributed by atoms with van der Waals surface area (Å²) in [6.45, 7) is 12.8. The Kier molecular flexibility index (Phi) is 4.39. The molecule has 1 heterocycles. The molecule has 1 saturated heterocycles. The fraction of sp³-hybridized carbons (Fsp3) is 1.00. The second-order valence-corrected chi connectivity index (χ2v) is 5.50. The van der Waals surface area contributed by atoms with Gasteiger partial charge in [0, 0.05) is 25.7 Å². The highest BCUT2D eigenvalue weighted by Crippen LogP contribution is 2.21. The zero-order chi connectivity index (χ0) is 10.7. The van der Waals surface area contributed by atoms with Crippen LogP contribution >= 0.6 is 0 Å². The van der Waals surface area contributed by atoms with Crippen LogP contribution in [-0.4, -0.2) is 30.6 Å². The summed E-state index contributed by atoms with van der Waals surface area (Å²) in [4.78, 5) is 2.59. The molecule has 0 bridgehead atoms. The number of rotatable bonds is 3. The third-order valence-electron chi connectivity index (χ3n) is 3.39. The van der Waals surface area contributed by atoms with Crippen molar-refractivity contribution in [3.8, 4) is 0 Å². The maximum absolute atomic E-state index is 5.90. The normalized spacial score (nSPS) is 34.1. The molecule has 4 atom stereocenters. The van der Waals surface area contributed by atoms with Crippen LogP contribution in [0.5, 0.6) is 0 Å². The number of hydrogen-bond acceptors (Lipinski definition) is 2. The molecule has 4 unspecified atom stereocenters. The zero-order valence-electron chi connectivity index (χ0n) is 10.2. The van der Waals surface area contributed by atoms with E-state index < -0.39 is 0 Å². The Bertz CT molecular complexity index is 158. The number of likely N-dealkylation sites (tertiary alicyclic amines) is 1. The number of nitrogens with two attached hydrogens (primary N) is 1. The molecule has 1 rings (SSSR count). The van der Waals surface area contributed by atoms with Crippen molar-refractivity contribution in [3.63, 3.8) is 0 Å². The Morgan fingerprint density at radius 2 is 1.71 bits per heavy atom. The molecule has 14 heavy (non-hydrogen) atoms. The monoisotopic (exact) mass is 198 g/mol. The number of hydrogen-bond donors (Lipinski definition) is 1. The first-order valence-electron chi connectivity index (χ1n) is 5.97. The zero-order valence-corrected chi connectivity index (χ0v) is 10.2. The van der Waals surface area contributed by atoms with E-state index in [4.69, 9.17) is 5.73 Å². The molecule has 2 N–H and O–H groups in total. The van der Waals surface area contributed by atoms with Gasteiger partial charge in [-0.15, -0.1) is 0 Å². The minimum absolute atomic E-state index is 0.322. The number of piperidine rings is 1. The second kappa shape index (κ2) is 5.13. The van der Waals surface area contributed by atoms with Gasteiger partial charge in [0.2, 0.25) is 0 Å². The van der Waals surface area contributed by atoms with Crippen LogP contribution in [0.25, 0.3) is 0 Å². The van der Waals surface area contributed by atoms with Crippen LogP contribution in [0.15, 0.2) is 0 Å². The summed E-state index contributed by atoms with van der Waals surface area (Å²) < 4.78 is 0. The predicted octanol–water partition coefficient (Wildman–Crippen LogP) is 1.95. The van der Waals surface area contributed by atoms with E-state index in [0.717, 1.165) is 11.8 Å². The standard InChI is InChI=1S/C12H26N2/c1-9-5-10(2)7-14(6-9)8-11(3)12(4)13/h9-12H,5-8,13H2,1-4H3. The van der Waals surface area contributed by atoms with Crippen molar-refractivity contribution in [2.75, 3.05) is 19.6 Å². The average Bonchev–Trinajstić information content (AvgIpc) is 2.01. The van der Waals surface area contributed by atoms with Crippen LogP contribution in [0, 0.1) is 17.8 Å². The summed E-state index contributed by atoms with van der Waals surface area (Å²) in [6, 6.07) is 0.322. The van der Waals surface area contributed by atoms with E-state index in [0.29, 0.717) is 12.0 Å². The Morgan fingerprint density at radius 3 is 2.14 bits per heavy atom. The molecule has 2 heteroatoms. The van der Waals surface area contributed by atoms with Crippen LogP contribution in [-0.2, 0) is 0 Å². The molecule has 0 aromatic carbocycles. The largest absolute Gasteiger partial charge is 0.328 e. The second-order valence-electron chi connectivity index (χ2n) is 5.50. The molecule has 2 nitrogen and oxygen atoms in total. The van der Waals surface area contributed by atoms with Gasteiger partial charge >= 0.3 is 0 Å². The fourth-order valence-electron chi connectivity index (χ4n) is 2.51. The van der Waals surface area contributed by atoms with Gasteiger partial charge < -0.3 is 10.6 Å². The maximum atomic E-state index is 5.90. The van der Waals surface area contributed by atoms with Crippen LogP contribution in [0.2, 0.25) is 0 Å². The van der Waals surface area contributed by atoms with E-state index in [1.54, 1.807) is 0 Å². The Labute approximate surface area is 88.8 Å². The van der Waals surface area contributed by atoms with E-state index in [2.05, 4.69) is 32.6 Å². The van der Waals surface area contributed by atoms with E-state index in [1.807, 2.05) is 0 Å². The molecule has 1 aliphatic rings. The van der Waals surface area contributed by atoms with Crippen molar-refractivity contribution in [1.29, 1.82) is 0 Å². The van der Waals surface area contributed by atoms with Gasteiger partial charge in [-0.2, -0.15) is 0 Å². The van der Waals surface area contributed by atoms with Gasteiger partial charge in [0.05, 0.1) is 0 Å². The summed E-state index contributed by atoms with van der Waals surface area (Å²) in [5.41, 5.74) is 5.90. The molecule has 0 radical (unpaired) electrons. The Morgan fingerprint density at radius 1 is 1.21 bits per heavy atom. The van der Waals surface area contributed by atoms with Gasteiger partial charge in [0.1, 0.15) is 0 Å². The summed E-state index contributed by atoms with van der Waals surface area (Å²) in [7, 11) is 0. The Hall–Kier alpha value is -0.0800. The lowest BCUT2D eigenvalue weighted by Gasteiger charge is -2.37. The number of nitrogens with zero attached hydrogens (tertiary/aromatic N) is 1. The topological polar surface area (TPSA) is 29.3 Å². The molecule has 0 amide bonds. The van der Waals surface area contributed by atoms with Gasteiger partial charge in [-0.3, -0.25) is 0 Å². The highest BCUT2D eigenvalue weighted by molar-refractivity contribution is 4.77. The summed E-state index contributed by atoms with van der Waals surface area (Å²) in [6.07, 6.45) is 1.39. The van der Waals surface area contributed by atoms with Crippen molar-refractivity contribution in [3.05, 3.63) is 0 Å². The first-order chi connectivity index (χ1) is 6.49. The third-order valence-corrected chi connectivity index (χ3v) is 3.39. The van der Waals surface area contributed by atoms with Crippen molar-refractivity contribution in [2.24, 2.45) is 23.5 Å². The molecular weight excluding hydrogens is 172 g/mol. The summed E-state index contributed by atoms with van der Waals surface area (Å²) in [5, 5.41) is 0. The minimum Gasteiger partial charge on any atom is -0.328 e. The van der Waals surface area contributed by atoms with Crippen LogP contribution < -0.4 is 5.73 Å².